The smallest absolute Gasteiger partial charge is 0.377 e. The van der Waals surface area contributed by atoms with Gasteiger partial charge in [-0.2, -0.15) is 13.2 Å². The molecule has 8 nitrogen and oxygen atoms in total. The van der Waals surface area contributed by atoms with Crippen LogP contribution >= 0.6 is 0 Å². The number of fused-ring (bicyclic) bond motifs is 1. The lowest BCUT2D eigenvalue weighted by Gasteiger charge is -2.16. The standard InChI is InChI=1S/C22H26F3N5O3S/c1-5-10-30-20-9-7-16(34(32,33)29(3)4)12-19(20)28-21(30)13-26-18-8-6-15(27-14(2)31)11-17(18)22(23,24)25/h6-9,11-12,26H,5,10,13H2,1-4H3,(H,27,31). The number of hydrogen-bond acceptors (Lipinski definition) is 5. The molecule has 2 N–H and O–H groups in total. The van der Waals surface area contributed by atoms with Crippen LogP contribution in [-0.4, -0.2) is 42.3 Å². The fraction of sp³-hybridized carbons (Fsp3) is 0.364. The number of benzene rings is 2. The number of halogens is 3. The Morgan fingerprint density at radius 2 is 1.85 bits per heavy atom. The average Bonchev–Trinajstić information content (AvgIpc) is 3.08. The molecule has 1 amide bonds. The van der Waals surface area contributed by atoms with Crippen LogP contribution < -0.4 is 10.6 Å². The zero-order chi connectivity index (χ0) is 25.3. The van der Waals surface area contributed by atoms with Crippen molar-refractivity contribution in [3.63, 3.8) is 0 Å². The molecule has 1 heterocycles. The van der Waals surface area contributed by atoms with Crippen LogP contribution in [0.3, 0.4) is 0 Å². The van der Waals surface area contributed by atoms with Crippen molar-refractivity contribution in [2.24, 2.45) is 0 Å². The Labute approximate surface area is 195 Å². The molecule has 2 aromatic carbocycles. The van der Waals surface area contributed by atoms with E-state index in [4.69, 9.17) is 0 Å². The maximum Gasteiger partial charge on any atom is 0.418 e. The molecule has 0 aliphatic rings. The summed E-state index contributed by atoms with van der Waals surface area (Å²) in [6, 6.07) is 8.11. The number of hydrogen-bond donors (Lipinski definition) is 2. The van der Waals surface area contributed by atoms with Gasteiger partial charge in [0.1, 0.15) is 5.82 Å². The van der Waals surface area contributed by atoms with Crippen molar-refractivity contribution >= 4 is 38.3 Å². The molecule has 0 fully saturated rings. The number of anilines is 2. The van der Waals surface area contributed by atoms with E-state index in [2.05, 4.69) is 15.6 Å². The van der Waals surface area contributed by atoms with E-state index in [-0.39, 0.29) is 22.8 Å². The fourth-order valence-corrected chi connectivity index (χ4v) is 4.45. The van der Waals surface area contributed by atoms with Crippen molar-refractivity contribution in [1.82, 2.24) is 13.9 Å². The van der Waals surface area contributed by atoms with E-state index in [0.29, 0.717) is 23.4 Å². The van der Waals surface area contributed by atoms with Gasteiger partial charge in [-0.15, -0.1) is 0 Å². The number of nitrogens with zero attached hydrogens (tertiary/aromatic N) is 3. The summed E-state index contributed by atoms with van der Waals surface area (Å²) in [5.74, 6) is -0.00641. The second kappa shape index (κ2) is 9.63. The average molecular weight is 498 g/mol. The molecule has 12 heteroatoms. The molecule has 0 saturated heterocycles. The molecule has 0 bridgehead atoms. The molecule has 3 rings (SSSR count). The Morgan fingerprint density at radius 3 is 2.44 bits per heavy atom. The van der Waals surface area contributed by atoms with E-state index in [1.807, 2.05) is 11.5 Å². The predicted molar refractivity (Wildman–Crippen MR) is 124 cm³/mol. The first-order chi connectivity index (χ1) is 15.8. The van der Waals surface area contributed by atoms with Crippen LogP contribution in [0.1, 0.15) is 31.7 Å². The van der Waals surface area contributed by atoms with Crippen LogP contribution in [0.5, 0.6) is 0 Å². The first kappa shape index (κ1) is 25.5. The lowest BCUT2D eigenvalue weighted by molar-refractivity contribution is -0.137. The van der Waals surface area contributed by atoms with E-state index in [1.54, 1.807) is 6.07 Å². The highest BCUT2D eigenvalue weighted by Gasteiger charge is 2.34. The van der Waals surface area contributed by atoms with Gasteiger partial charge in [-0.3, -0.25) is 4.79 Å². The van der Waals surface area contributed by atoms with Crippen LogP contribution in [0, 0.1) is 0 Å². The van der Waals surface area contributed by atoms with Crippen LogP contribution in [0.2, 0.25) is 0 Å². The third-order valence-corrected chi connectivity index (χ3v) is 6.92. The Kier molecular flexibility index (Phi) is 7.22. The Balaban J connectivity index is 1.98. The largest absolute Gasteiger partial charge is 0.418 e. The first-order valence-corrected chi connectivity index (χ1v) is 11.9. The molecule has 3 aromatic rings. The van der Waals surface area contributed by atoms with E-state index < -0.39 is 27.7 Å². The zero-order valence-corrected chi connectivity index (χ0v) is 20.0. The lowest BCUT2D eigenvalue weighted by Crippen LogP contribution is -2.22. The summed E-state index contributed by atoms with van der Waals surface area (Å²) in [6.45, 7) is 3.71. The number of carbonyl (C=O) groups is 1. The van der Waals surface area contributed by atoms with Gasteiger partial charge in [-0.25, -0.2) is 17.7 Å². The van der Waals surface area contributed by atoms with Gasteiger partial charge in [0, 0.05) is 38.9 Å². The van der Waals surface area contributed by atoms with Gasteiger partial charge in [-0.1, -0.05) is 6.92 Å². The molecule has 0 aliphatic carbocycles. The number of aromatic nitrogens is 2. The molecule has 0 aliphatic heterocycles. The van der Waals surface area contributed by atoms with E-state index in [1.165, 1.54) is 45.3 Å². The molecular weight excluding hydrogens is 471 g/mol. The fourth-order valence-electron chi connectivity index (χ4n) is 3.53. The van der Waals surface area contributed by atoms with Crippen molar-refractivity contribution in [3.05, 3.63) is 47.8 Å². The second-order valence-electron chi connectivity index (χ2n) is 7.91. The lowest BCUT2D eigenvalue weighted by atomic mass is 10.1. The Morgan fingerprint density at radius 1 is 1.15 bits per heavy atom. The van der Waals surface area contributed by atoms with Crippen LogP contribution in [0.4, 0.5) is 24.5 Å². The number of aryl methyl sites for hydroxylation is 1. The molecule has 0 saturated carbocycles. The summed E-state index contributed by atoms with van der Waals surface area (Å²) in [5.41, 5.74) is 0.0840. The number of nitrogens with one attached hydrogen (secondary N) is 2. The van der Waals surface area contributed by atoms with E-state index in [0.717, 1.165) is 16.8 Å². The zero-order valence-electron chi connectivity index (χ0n) is 19.2. The number of carbonyl (C=O) groups excluding carboxylic acids is 1. The predicted octanol–water partition coefficient (Wildman–Crippen LogP) is 4.29. The minimum Gasteiger partial charge on any atom is -0.377 e. The number of imidazole rings is 1. The van der Waals surface area contributed by atoms with Crippen LogP contribution in [0.25, 0.3) is 11.0 Å². The molecule has 184 valence electrons. The van der Waals surface area contributed by atoms with Crippen LogP contribution in [-0.2, 0) is 34.1 Å². The number of sulfonamides is 1. The van der Waals surface area contributed by atoms with Crippen molar-refractivity contribution in [1.29, 1.82) is 0 Å². The summed E-state index contributed by atoms with van der Waals surface area (Å²) in [7, 11) is -0.800. The van der Waals surface area contributed by atoms with Gasteiger partial charge < -0.3 is 15.2 Å². The van der Waals surface area contributed by atoms with Gasteiger partial charge >= 0.3 is 6.18 Å². The summed E-state index contributed by atoms with van der Waals surface area (Å²) >= 11 is 0. The summed E-state index contributed by atoms with van der Waals surface area (Å²) in [5, 5.41) is 5.15. The highest BCUT2D eigenvalue weighted by atomic mass is 32.2. The highest BCUT2D eigenvalue weighted by Crippen LogP contribution is 2.37. The molecule has 0 unspecified atom stereocenters. The van der Waals surface area contributed by atoms with Crippen molar-refractivity contribution in [2.45, 2.75) is 44.4 Å². The molecule has 0 atom stereocenters. The molecule has 0 spiro atoms. The molecular formula is C22H26F3N5O3S. The topological polar surface area (TPSA) is 96.3 Å². The minimum absolute atomic E-state index is 0.0208. The third kappa shape index (κ3) is 5.33. The van der Waals surface area contributed by atoms with Crippen molar-refractivity contribution in [2.75, 3.05) is 24.7 Å². The summed E-state index contributed by atoms with van der Waals surface area (Å²) in [4.78, 5) is 15.8. The Bertz CT molecular complexity index is 1320. The van der Waals surface area contributed by atoms with Gasteiger partial charge in [0.2, 0.25) is 15.9 Å². The highest BCUT2D eigenvalue weighted by molar-refractivity contribution is 7.89. The van der Waals surface area contributed by atoms with Crippen molar-refractivity contribution in [3.8, 4) is 0 Å². The van der Waals surface area contributed by atoms with Gasteiger partial charge in [0.25, 0.3) is 0 Å². The number of rotatable bonds is 8. The monoisotopic (exact) mass is 497 g/mol. The normalized spacial score (nSPS) is 12.4. The summed E-state index contributed by atoms with van der Waals surface area (Å²) in [6.07, 6.45) is -3.90. The number of amides is 1. The molecule has 1 aromatic heterocycles. The third-order valence-electron chi connectivity index (χ3n) is 5.11. The van der Waals surface area contributed by atoms with Crippen LogP contribution in [0.15, 0.2) is 41.3 Å². The quantitative estimate of drug-likeness (QED) is 0.484. The number of alkyl halides is 3. The van der Waals surface area contributed by atoms with Gasteiger partial charge in [-0.05, 0) is 42.8 Å². The Hall–Kier alpha value is -3.12. The maximum absolute atomic E-state index is 13.6. The maximum atomic E-state index is 13.6. The van der Waals surface area contributed by atoms with E-state index >= 15 is 0 Å². The summed E-state index contributed by atoms with van der Waals surface area (Å²) < 4.78 is 68.8. The van der Waals surface area contributed by atoms with Gasteiger partial charge in [0.15, 0.2) is 0 Å². The minimum atomic E-state index is -4.64. The van der Waals surface area contributed by atoms with Crippen molar-refractivity contribution < 1.29 is 26.4 Å². The molecule has 0 radical (unpaired) electrons. The SMILES string of the molecule is CCCn1c(CNc2ccc(NC(C)=O)cc2C(F)(F)F)nc2cc(S(=O)(=O)N(C)C)ccc21. The van der Waals surface area contributed by atoms with Gasteiger partial charge in [0.05, 0.1) is 28.0 Å². The first-order valence-electron chi connectivity index (χ1n) is 10.5. The van der Waals surface area contributed by atoms with E-state index in [9.17, 15) is 26.4 Å². The second-order valence-corrected chi connectivity index (χ2v) is 10.1. The molecule has 34 heavy (non-hydrogen) atoms.